The maximum atomic E-state index is 12.9. The van der Waals surface area contributed by atoms with Gasteiger partial charge in [-0.1, -0.05) is 35.9 Å². The molecule has 3 aromatic rings. The molecule has 2 amide bonds. The van der Waals surface area contributed by atoms with Crippen molar-refractivity contribution >= 4 is 40.5 Å². The second kappa shape index (κ2) is 8.59. The van der Waals surface area contributed by atoms with E-state index in [9.17, 15) is 9.59 Å². The van der Waals surface area contributed by atoms with E-state index in [2.05, 4.69) is 16.7 Å². The minimum Gasteiger partial charge on any atom is -0.376 e. The predicted molar refractivity (Wildman–Crippen MR) is 122 cm³/mol. The number of anilines is 3. The number of carbonyl (C=O) groups is 2. The van der Waals surface area contributed by atoms with Gasteiger partial charge in [0.2, 0.25) is 5.91 Å². The highest BCUT2D eigenvalue weighted by molar-refractivity contribution is 6.31. The summed E-state index contributed by atoms with van der Waals surface area (Å²) in [4.78, 5) is 26.9. The van der Waals surface area contributed by atoms with Crippen molar-refractivity contribution in [2.45, 2.75) is 13.3 Å². The average molecular weight is 420 g/mol. The second-order valence-electron chi connectivity index (χ2n) is 7.23. The first-order valence-corrected chi connectivity index (χ1v) is 10.2. The average Bonchev–Trinajstić information content (AvgIpc) is 3.19. The van der Waals surface area contributed by atoms with Crippen molar-refractivity contribution in [1.29, 1.82) is 0 Å². The molecule has 0 bridgehead atoms. The van der Waals surface area contributed by atoms with Gasteiger partial charge in [0, 0.05) is 34.2 Å². The number of nitrogens with zero attached hydrogens (tertiary/aromatic N) is 1. The summed E-state index contributed by atoms with van der Waals surface area (Å²) >= 11 is 6.09. The fourth-order valence-electron chi connectivity index (χ4n) is 3.56. The molecule has 0 fully saturated rings. The number of carbonyl (C=O) groups excluding carboxylic acids is 2. The van der Waals surface area contributed by atoms with Crippen LogP contribution in [0.3, 0.4) is 0 Å². The van der Waals surface area contributed by atoms with E-state index in [1.807, 2.05) is 48.2 Å². The highest BCUT2D eigenvalue weighted by Gasteiger charge is 2.24. The van der Waals surface area contributed by atoms with Gasteiger partial charge < -0.3 is 15.5 Å². The van der Waals surface area contributed by atoms with E-state index in [4.69, 9.17) is 11.6 Å². The molecule has 5 nitrogen and oxygen atoms in total. The lowest BCUT2D eigenvalue weighted by atomic mass is 10.1. The zero-order valence-electron chi connectivity index (χ0n) is 16.6. The number of nitrogens with one attached hydrogen (secondary N) is 2. The van der Waals surface area contributed by atoms with Gasteiger partial charge in [-0.25, -0.2) is 0 Å². The van der Waals surface area contributed by atoms with Crippen molar-refractivity contribution in [3.8, 4) is 0 Å². The molecule has 0 radical (unpaired) electrons. The van der Waals surface area contributed by atoms with Gasteiger partial charge in [0.05, 0.1) is 6.54 Å². The summed E-state index contributed by atoms with van der Waals surface area (Å²) in [7, 11) is 0. The molecule has 1 heterocycles. The highest BCUT2D eigenvalue weighted by atomic mass is 35.5. The predicted octanol–water partition coefficient (Wildman–Crippen LogP) is 4.90. The molecular formula is C24H22ClN3O2. The fourth-order valence-corrected chi connectivity index (χ4v) is 3.73. The molecule has 6 heteroatoms. The molecular weight excluding hydrogens is 398 g/mol. The van der Waals surface area contributed by atoms with Gasteiger partial charge in [0.1, 0.15) is 0 Å². The van der Waals surface area contributed by atoms with Gasteiger partial charge in [0.15, 0.2) is 0 Å². The standard InChI is InChI=1S/C24H22ClN3O2/c1-16-20(25)6-4-7-21(16)27-23(29)15-26-19-11-9-18(10-12-19)24(30)28-14-13-17-5-2-3-8-22(17)28/h2-12,26H,13-15H2,1H3,(H,27,29). The zero-order chi connectivity index (χ0) is 21.1. The third kappa shape index (κ3) is 4.16. The molecule has 0 aliphatic carbocycles. The minimum atomic E-state index is -0.172. The molecule has 152 valence electrons. The Morgan fingerprint density at radius 2 is 1.77 bits per heavy atom. The molecule has 0 atom stereocenters. The van der Waals surface area contributed by atoms with E-state index in [0.29, 0.717) is 22.8 Å². The Morgan fingerprint density at radius 3 is 2.57 bits per heavy atom. The molecule has 4 rings (SSSR count). The van der Waals surface area contributed by atoms with Gasteiger partial charge in [-0.05, 0) is 66.9 Å². The Labute approximate surface area is 180 Å². The summed E-state index contributed by atoms with van der Waals surface area (Å²) in [6, 6.07) is 20.6. The van der Waals surface area contributed by atoms with Crippen molar-refractivity contribution in [3.05, 3.63) is 88.4 Å². The van der Waals surface area contributed by atoms with Crippen molar-refractivity contribution in [2.24, 2.45) is 0 Å². The maximum absolute atomic E-state index is 12.9. The zero-order valence-corrected chi connectivity index (χ0v) is 17.4. The van der Waals surface area contributed by atoms with Crippen LogP contribution in [0.15, 0.2) is 66.7 Å². The van der Waals surface area contributed by atoms with Crippen LogP contribution in [0.25, 0.3) is 0 Å². The Bertz CT molecular complexity index is 1100. The largest absolute Gasteiger partial charge is 0.376 e. The Hall–Kier alpha value is -3.31. The maximum Gasteiger partial charge on any atom is 0.258 e. The van der Waals surface area contributed by atoms with Crippen LogP contribution < -0.4 is 15.5 Å². The van der Waals surface area contributed by atoms with E-state index in [1.165, 1.54) is 5.56 Å². The summed E-state index contributed by atoms with van der Waals surface area (Å²) in [5, 5.41) is 6.54. The molecule has 0 saturated carbocycles. The van der Waals surface area contributed by atoms with Crippen molar-refractivity contribution < 1.29 is 9.59 Å². The number of amides is 2. The first-order chi connectivity index (χ1) is 14.5. The number of rotatable bonds is 5. The van der Waals surface area contributed by atoms with Crippen LogP contribution in [0.4, 0.5) is 17.1 Å². The number of halogens is 1. The third-order valence-electron chi connectivity index (χ3n) is 5.26. The van der Waals surface area contributed by atoms with E-state index >= 15 is 0 Å². The van der Waals surface area contributed by atoms with Crippen LogP contribution in [0.5, 0.6) is 0 Å². The Morgan fingerprint density at radius 1 is 1.00 bits per heavy atom. The molecule has 1 aliphatic heterocycles. The number of hydrogen-bond acceptors (Lipinski definition) is 3. The van der Waals surface area contributed by atoms with Gasteiger partial charge in [-0.15, -0.1) is 0 Å². The number of benzene rings is 3. The summed E-state index contributed by atoms with van der Waals surface area (Å²) in [6.45, 7) is 2.67. The topological polar surface area (TPSA) is 61.4 Å². The van der Waals surface area contributed by atoms with Crippen LogP contribution in [0.1, 0.15) is 21.5 Å². The summed E-state index contributed by atoms with van der Waals surface area (Å²) in [6.07, 6.45) is 0.878. The highest BCUT2D eigenvalue weighted by Crippen LogP contribution is 2.29. The summed E-state index contributed by atoms with van der Waals surface area (Å²) < 4.78 is 0. The monoisotopic (exact) mass is 419 g/mol. The molecule has 0 spiro atoms. The van der Waals surface area contributed by atoms with Crippen LogP contribution in [-0.2, 0) is 11.2 Å². The Balaban J connectivity index is 1.35. The smallest absolute Gasteiger partial charge is 0.258 e. The quantitative estimate of drug-likeness (QED) is 0.618. The lowest BCUT2D eigenvalue weighted by Gasteiger charge is -2.17. The van der Waals surface area contributed by atoms with Crippen molar-refractivity contribution in [1.82, 2.24) is 0 Å². The second-order valence-corrected chi connectivity index (χ2v) is 7.63. The summed E-state index contributed by atoms with van der Waals surface area (Å²) in [5.41, 5.74) is 5.10. The first-order valence-electron chi connectivity index (χ1n) is 9.81. The van der Waals surface area contributed by atoms with Crippen molar-refractivity contribution in [3.63, 3.8) is 0 Å². The molecule has 0 saturated heterocycles. The van der Waals surface area contributed by atoms with Crippen LogP contribution in [-0.4, -0.2) is 24.9 Å². The summed E-state index contributed by atoms with van der Waals surface area (Å²) in [5.74, 6) is -0.185. The number of fused-ring (bicyclic) bond motifs is 1. The minimum absolute atomic E-state index is 0.0133. The van der Waals surface area contributed by atoms with Crippen LogP contribution in [0, 0.1) is 6.92 Å². The molecule has 0 aromatic heterocycles. The van der Waals surface area contributed by atoms with Crippen LogP contribution in [0.2, 0.25) is 5.02 Å². The normalized spacial score (nSPS) is 12.4. The lowest BCUT2D eigenvalue weighted by Crippen LogP contribution is -2.28. The number of hydrogen-bond donors (Lipinski definition) is 2. The third-order valence-corrected chi connectivity index (χ3v) is 5.67. The van der Waals surface area contributed by atoms with E-state index in [1.54, 1.807) is 24.3 Å². The molecule has 1 aliphatic rings. The van der Waals surface area contributed by atoms with Crippen molar-refractivity contribution in [2.75, 3.05) is 28.6 Å². The number of para-hydroxylation sites is 1. The Kier molecular flexibility index (Phi) is 5.72. The van der Waals surface area contributed by atoms with E-state index in [-0.39, 0.29) is 18.4 Å². The van der Waals surface area contributed by atoms with Gasteiger partial charge >= 0.3 is 0 Å². The molecule has 3 aromatic carbocycles. The SMILES string of the molecule is Cc1c(Cl)cccc1NC(=O)CNc1ccc(C(=O)N2CCc3ccccc32)cc1. The van der Waals surface area contributed by atoms with E-state index < -0.39 is 0 Å². The molecule has 0 unspecified atom stereocenters. The van der Waals surface area contributed by atoms with Gasteiger partial charge in [-0.2, -0.15) is 0 Å². The fraction of sp³-hybridized carbons (Fsp3) is 0.167. The van der Waals surface area contributed by atoms with E-state index in [0.717, 1.165) is 23.4 Å². The van der Waals surface area contributed by atoms with Crippen LogP contribution >= 0.6 is 11.6 Å². The lowest BCUT2D eigenvalue weighted by molar-refractivity contribution is -0.114. The first kappa shape index (κ1) is 20.0. The molecule has 30 heavy (non-hydrogen) atoms. The van der Waals surface area contributed by atoms with Gasteiger partial charge in [-0.3, -0.25) is 9.59 Å². The van der Waals surface area contributed by atoms with Gasteiger partial charge in [0.25, 0.3) is 5.91 Å². The molecule has 2 N–H and O–H groups in total.